The summed E-state index contributed by atoms with van der Waals surface area (Å²) >= 11 is 5.98. The van der Waals surface area contributed by atoms with Crippen LogP contribution in [0.2, 0.25) is 5.02 Å². The Morgan fingerprint density at radius 2 is 1.76 bits per heavy atom. The van der Waals surface area contributed by atoms with Gasteiger partial charge in [0.05, 0.1) is 17.8 Å². The van der Waals surface area contributed by atoms with Gasteiger partial charge in [-0.25, -0.2) is 8.42 Å². The molecule has 2 rings (SSSR count). The van der Waals surface area contributed by atoms with Gasteiger partial charge in [-0.3, -0.25) is 4.31 Å². The molecule has 0 aliphatic carbocycles. The molecule has 21 heavy (non-hydrogen) atoms. The first kappa shape index (κ1) is 15.5. The third-order valence-corrected chi connectivity index (χ3v) is 5.30. The van der Waals surface area contributed by atoms with Crippen molar-refractivity contribution in [2.24, 2.45) is 0 Å². The molecule has 2 aromatic carbocycles. The van der Waals surface area contributed by atoms with Gasteiger partial charge in [-0.05, 0) is 42.5 Å². The van der Waals surface area contributed by atoms with Crippen LogP contribution in [0.15, 0.2) is 47.4 Å². The maximum absolute atomic E-state index is 12.6. The van der Waals surface area contributed by atoms with Gasteiger partial charge in [-0.2, -0.15) is 0 Å². The minimum atomic E-state index is -3.78. The second-order valence-electron chi connectivity index (χ2n) is 4.36. The van der Waals surface area contributed by atoms with E-state index in [1.807, 2.05) is 0 Å². The largest absolute Gasteiger partial charge is 0.497 e. The zero-order valence-electron chi connectivity index (χ0n) is 11.6. The van der Waals surface area contributed by atoms with Crippen molar-refractivity contribution in [1.29, 1.82) is 0 Å². The van der Waals surface area contributed by atoms with Gasteiger partial charge in [0.1, 0.15) is 10.6 Å². The Morgan fingerprint density at radius 3 is 2.33 bits per heavy atom. The van der Waals surface area contributed by atoms with E-state index in [-0.39, 0.29) is 9.92 Å². The van der Waals surface area contributed by atoms with Crippen LogP contribution in [0.25, 0.3) is 0 Å². The molecule has 0 aromatic heterocycles. The summed E-state index contributed by atoms with van der Waals surface area (Å²) in [4.78, 5) is -0.0255. The lowest BCUT2D eigenvalue weighted by Crippen LogP contribution is -2.26. The molecule has 0 unspecified atom stereocenters. The fourth-order valence-corrected chi connectivity index (χ4v) is 3.50. The number of methoxy groups -OCH3 is 1. The summed E-state index contributed by atoms with van der Waals surface area (Å²) in [6, 6.07) is 11.0. The average molecular weight is 327 g/mol. The van der Waals surface area contributed by atoms with Gasteiger partial charge < -0.3 is 10.5 Å². The molecule has 0 amide bonds. The van der Waals surface area contributed by atoms with Gasteiger partial charge in [-0.15, -0.1) is 0 Å². The molecule has 0 aliphatic heterocycles. The Balaban J connectivity index is 2.44. The van der Waals surface area contributed by atoms with Crippen LogP contribution in [0.1, 0.15) is 0 Å². The van der Waals surface area contributed by atoms with Crippen LogP contribution < -0.4 is 14.8 Å². The molecule has 0 saturated heterocycles. The second kappa shape index (κ2) is 5.83. The fourth-order valence-electron chi connectivity index (χ4n) is 1.80. The van der Waals surface area contributed by atoms with Gasteiger partial charge in [0.15, 0.2) is 0 Å². The van der Waals surface area contributed by atoms with E-state index in [0.29, 0.717) is 17.1 Å². The second-order valence-corrected chi connectivity index (χ2v) is 6.71. The molecular formula is C14H15ClN2O3S. The maximum atomic E-state index is 12.6. The molecule has 0 aliphatic rings. The number of hydrogen-bond acceptors (Lipinski definition) is 4. The normalized spacial score (nSPS) is 11.2. The molecule has 0 bridgehead atoms. The first-order valence-corrected chi connectivity index (χ1v) is 7.86. The SMILES string of the molecule is COc1ccc(N(C)S(=O)(=O)c2cc(N)ccc2Cl)cc1. The van der Waals surface area contributed by atoms with Crippen LogP contribution in [0.4, 0.5) is 11.4 Å². The number of nitrogens with zero attached hydrogens (tertiary/aromatic N) is 1. The molecule has 112 valence electrons. The van der Waals surface area contributed by atoms with E-state index in [4.69, 9.17) is 22.1 Å². The number of anilines is 2. The van der Waals surface area contributed by atoms with Crippen molar-refractivity contribution in [3.63, 3.8) is 0 Å². The first-order valence-electron chi connectivity index (χ1n) is 6.04. The summed E-state index contributed by atoms with van der Waals surface area (Å²) in [5.41, 5.74) is 6.47. The van der Waals surface area contributed by atoms with Gasteiger partial charge in [0, 0.05) is 12.7 Å². The number of sulfonamides is 1. The van der Waals surface area contributed by atoms with Crippen LogP contribution in [-0.4, -0.2) is 22.6 Å². The molecule has 5 nitrogen and oxygen atoms in total. The highest BCUT2D eigenvalue weighted by Crippen LogP contribution is 2.29. The van der Waals surface area contributed by atoms with Crippen molar-refractivity contribution in [2.45, 2.75) is 4.90 Å². The smallest absolute Gasteiger partial charge is 0.265 e. The Morgan fingerprint density at radius 1 is 1.14 bits per heavy atom. The molecule has 0 saturated carbocycles. The third kappa shape index (κ3) is 3.06. The molecule has 7 heteroatoms. The Kier molecular flexibility index (Phi) is 4.29. The summed E-state index contributed by atoms with van der Waals surface area (Å²) in [6.07, 6.45) is 0. The lowest BCUT2D eigenvalue weighted by Gasteiger charge is -2.20. The highest BCUT2D eigenvalue weighted by molar-refractivity contribution is 7.93. The van der Waals surface area contributed by atoms with E-state index in [9.17, 15) is 8.42 Å². The van der Waals surface area contributed by atoms with Crippen LogP contribution in [0.5, 0.6) is 5.75 Å². The molecule has 0 atom stereocenters. The number of nitrogen functional groups attached to an aromatic ring is 1. The van der Waals surface area contributed by atoms with E-state index in [1.54, 1.807) is 37.4 Å². The Labute approximate surface area is 128 Å². The number of ether oxygens (including phenoxy) is 1. The molecule has 0 radical (unpaired) electrons. The summed E-state index contributed by atoms with van der Waals surface area (Å²) in [5, 5.41) is 0.129. The number of benzene rings is 2. The Bertz CT molecular complexity index is 745. The van der Waals surface area contributed by atoms with Gasteiger partial charge >= 0.3 is 0 Å². The van der Waals surface area contributed by atoms with Crippen molar-refractivity contribution >= 4 is 33.0 Å². The Hall–Kier alpha value is -1.92. The molecule has 0 spiro atoms. The van der Waals surface area contributed by atoms with Crippen LogP contribution >= 0.6 is 11.6 Å². The molecule has 2 N–H and O–H groups in total. The van der Waals surface area contributed by atoms with E-state index in [1.165, 1.54) is 19.2 Å². The van der Waals surface area contributed by atoms with E-state index in [0.717, 1.165) is 4.31 Å². The monoisotopic (exact) mass is 326 g/mol. The van der Waals surface area contributed by atoms with Crippen molar-refractivity contribution < 1.29 is 13.2 Å². The molecule has 0 heterocycles. The minimum absolute atomic E-state index is 0.0255. The molecule has 2 aromatic rings. The summed E-state index contributed by atoms with van der Waals surface area (Å²) in [7, 11) is -0.786. The van der Waals surface area contributed by atoms with Gasteiger partial charge in [0.25, 0.3) is 10.0 Å². The van der Waals surface area contributed by atoms with Crippen molar-refractivity contribution in [3.8, 4) is 5.75 Å². The van der Waals surface area contributed by atoms with Gasteiger partial charge in [0.2, 0.25) is 0 Å². The van der Waals surface area contributed by atoms with Crippen molar-refractivity contribution in [2.75, 3.05) is 24.2 Å². The number of halogens is 1. The minimum Gasteiger partial charge on any atom is -0.497 e. The standard InChI is InChI=1S/C14H15ClN2O3S/c1-17(11-4-6-12(20-2)7-5-11)21(18,19)14-9-10(16)3-8-13(14)15/h3-9H,16H2,1-2H3. The summed E-state index contributed by atoms with van der Waals surface area (Å²) in [5.74, 6) is 0.645. The van der Waals surface area contributed by atoms with Crippen LogP contribution in [0, 0.1) is 0 Å². The highest BCUT2D eigenvalue weighted by Gasteiger charge is 2.24. The van der Waals surface area contributed by atoms with Crippen molar-refractivity contribution in [1.82, 2.24) is 0 Å². The zero-order chi connectivity index (χ0) is 15.6. The molecular weight excluding hydrogens is 312 g/mol. The van der Waals surface area contributed by atoms with Crippen LogP contribution in [-0.2, 0) is 10.0 Å². The summed E-state index contributed by atoms with van der Waals surface area (Å²) in [6.45, 7) is 0. The van der Waals surface area contributed by atoms with Crippen molar-refractivity contribution in [3.05, 3.63) is 47.5 Å². The number of nitrogens with two attached hydrogens (primary N) is 1. The maximum Gasteiger partial charge on any atom is 0.265 e. The topological polar surface area (TPSA) is 72.6 Å². The zero-order valence-corrected chi connectivity index (χ0v) is 13.1. The predicted molar refractivity (Wildman–Crippen MR) is 84.4 cm³/mol. The van der Waals surface area contributed by atoms with E-state index in [2.05, 4.69) is 0 Å². The summed E-state index contributed by atoms with van der Waals surface area (Å²) < 4.78 is 31.4. The average Bonchev–Trinajstić information content (AvgIpc) is 2.49. The quantitative estimate of drug-likeness (QED) is 0.877. The highest BCUT2D eigenvalue weighted by atomic mass is 35.5. The fraction of sp³-hybridized carbons (Fsp3) is 0.143. The lowest BCUT2D eigenvalue weighted by molar-refractivity contribution is 0.415. The van der Waals surface area contributed by atoms with Crippen LogP contribution in [0.3, 0.4) is 0 Å². The molecule has 0 fully saturated rings. The predicted octanol–water partition coefficient (Wildman–Crippen LogP) is 2.76. The first-order chi connectivity index (χ1) is 9.86. The van der Waals surface area contributed by atoms with E-state index < -0.39 is 10.0 Å². The van der Waals surface area contributed by atoms with Gasteiger partial charge in [-0.1, -0.05) is 11.6 Å². The van der Waals surface area contributed by atoms with E-state index >= 15 is 0 Å². The lowest BCUT2D eigenvalue weighted by atomic mass is 10.3. The number of rotatable bonds is 4. The third-order valence-electron chi connectivity index (χ3n) is 3.03. The number of hydrogen-bond donors (Lipinski definition) is 1.